The first kappa shape index (κ1) is 15.9. The molecule has 23 heavy (non-hydrogen) atoms. The van der Waals surface area contributed by atoms with Gasteiger partial charge in [0.05, 0.1) is 16.3 Å². The van der Waals surface area contributed by atoms with Crippen molar-refractivity contribution in [1.82, 2.24) is 14.6 Å². The molecule has 6 nitrogen and oxygen atoms in total. The number of carbonyl (C=O) groups excluding carboxylic acids is 1. The fourth-order valence-corrected chi connectivity index (χ4v) is 4.29. The summed E-state index contributed by atoms with van der Waals surface area (Å²) >= 11 is 0. The quantitative estimate of drug-likeness (QED) is 0.917. The van der Waals surface area contributed by atoms with Crippen LogP contribution in [0.15, 0.2) is 36.5 Å². The summed E-state index contributed by atoms with van der Waals surface area (Å²) < 4.78 is 26.6. The standard InChI is InChI=1S/C16H19N3O3S/c1-2-18-23(21,22)14-7-8-19(11-14)16(20)13-9-12-5-3-4-6-15(12)17-10-13/h3-6,9-10,14,18H,2,7-8,11H2,1H3. The van der Waals surface area contributed by atoms with E-state index < -0.39 is 15.3 Å². The van der Waals surface area contributed by atoms with E-state index >= 15 is 0 Å². The SMILES string of the molecule is CCNS(=O)(=O)C1CCN(C(=O)c2cnc3ccccc3c2)C1. The van der Waals surface area contributed by atoms with Crippen LogP contribution in [-0.4, -0.2) is 49.1 Å². The van der Waals surface area contributed by atoms with Crippen LogP contribution in [-0.2, 0) is 10.0 Å². The van der Waals surface area contributed by atoms with Crippen molar-refractivity contribution in [2.24, 2.45) is 0 Å². The van der Waals surface area contributed by atoms with Gasteiger partial charge in [0.1, 0.15) is 0 Å². The zero-order valence-electron chi connectivity index (χ0n) is 12.9. The van der Waals surface area contributed by atoms with Crippen LogP contribution < -0.4 is 4.72 Å². The molecule has 3 rings (SSSR count). The summed E-state index contributed by atoms with van der Waals surface area (Å²) in [6.45, 7) is 2.78. The van der Waals surface area contributed by atoms with E-state index in [1.165, 1.54) is 0 Å². The summed E-state index contributed by atoms with van der Waals surface area (Å²) in [6.07, 6.45) is 2.01. The lowest BCUT2D eigenvalue weighted by Crippen LogP contribution is -2.37. The minimum Gasteiger partial charge on any atom is -0.337 e. The molecular formula is C16H19N3O3S. The molecular weight excluding hydrogens is 314 g/mol. The van der Waals surface area contributed by atoms with Crippen molar-refractivity contribution >= 4 is 26.8 Å². The van der Waals surface area contributed by atoms with Gasteiger partial charge in [-0.1, -0.05) is 25.1 Å². The highest BCUT2D eigenvalue weighted by Crippen LogP contribution is 2.20. The molecule has 1 atom stereocenters. The van der Waals surface area contributed by atoms with Gasteiger partial charge in [-0.2, -0.15) is 0 Å². The predicted octanol–water partition coefficient (Wildman–Crippen LogP) is 1.39. The van der Waals surface area contributed by atoms with Crippen LogP contribution in [0.1, 0.15) is 23.7 Å². The second-order valence-corrected chi connectivity index (χ2v) is 7.67. The van der Waals surface area contributed by atoms with Crippen molar-refractivity contribution in [2.75, 3.05) is 19.6 Å². The highest BCUT2D eigenvalue weighted by Gasteiger charge is 2.35. The molecule has 1 fully saturated rings. The summed E-state index contributed by atoms with van der Waals surface area (Å²) in [5.41, 5.74) is 1.32. The van der Waals surface area contributed by atoms with E-state index in [0.29, 0.717) is 25.1 Å². The Balaban J connectivity index is 1.78. The van der Waals surface area contributed by atoms with E-state index in [1.807, 2.05) is 24.3 Å². The topological polar surface area (TPSA) is 79.4 Å². The first-order valence-electron chi connectivity index (χ1n) is 7.64. The van der Waals surface area contributed by atoms with Crippen molar-refractivity contribution in [3.8, 4) is 0 Å². The number of likely N-dealkylation sites (tertiary alicyclic amines) is 1. The molecule has 0 aliphatic carbocycles. The average molecular weight is 333 g/mol. The van der Waals surface area contributed by atoms with Gasteiger partial charge in [-0.05, 0) is 18.6 Å². The summed E-state index contributed by atoms with van der Waals surface area (Å²) in [6, 6.07) is 9.39. The first-order chi connectivity index (χ1) is 11.0. The summed E-state index contributed by atoms with van der Waals surface area (Å²) in [7, 11) is -3.35. The summed E-state index contributed by atoms with van der Waals surface area (Å²) in [4.78, 5) is 18.5. The van der Waals surface area contributed by atoms with E-state index in [1.54, 1.807) is 24.1 Å². The number of para-hydroxylation sites is 1. The Labute approximate surface area is 135 Å². The Bertz CT molecular complexity index is 835. The van der Waals surface area contributed by atoms with E-state index in [-0.39, 0.29) is 12.5 Å². The second-order valence-electron chi connectivity index (χ2n) is 5.62. The van der Waals surface area contributed by atoms with Gasteiger partial charge >= 0.3 is 0 Å². The molecule has 0 bridgehead atoms. The predicted molar refractivity (Wildman–Crippen MR) is 88.6 cm³/mol. The second kappa shape index (κ2) is 6.25. The fraction of sp³-hybridized carbons (Fsp3) is 0.375. The van der Waals surface area contributed by atoms with Gasteiger partial charge in [0.25, 0.3) is 5.91 Å². The third-order valence-electron chi connectivity index (χ3n) is 4.05. The van der Waals surface area contributed by atoms with Crippen molar-refractivity contribution in [1.29, 1.82) is 0 Å². The fourth-order valence-electron chi connectivity index (χ4n) is 2.86. The Kier molecular flexibility index (Phi) is 4.32. The van der Waals surface area contributed by atoms with Gasteiger partial charge in [0.2, 0.25) is 10.0 Å². The molecule has 1 amide bonds. The van der Waals surface area contributed by atoms with E-state index in [2.05, 4.69) is 9.71 Å². The number of nitrogens with zero attached hydrogens (tertiary/aromatic N) is 2. The van der Waals surface area contributed by atoms with Crippen LogP contribution in [0.3, 0.4) is 0 Å². The zero-order chi connectivity index (χ0) is 16.4. The Morgan fingerprint density at radius 1 is 1.39 bits per heavy atom. The van der Waals surface area contributed by atoms with Crippen LogP contribution >= 0.6 is 0 Å². The number of carbonyl (C=O) groups is 1. The van der Waals surface area contributed by atoms with Gasteiger partial charge in [-0.15, -0.1) is 0 Å². The van der Waals surface area contributed by atoms with Crippen molar-refractivity contribution < 1.29 is 13.2 Å². The number of rotatable bonds is 4. The smallest absolute Gasteiger partial charge is 0.255 e. The average Bonchev–Trinajstić information content (AvgIpc) is 3.04. The lowest BCUT2D eigenvalue weighted by Gasteiger charge is -2.17. The minimum atomic E-state index is -3.35. The highest BCUT2D eigenvalue weighted by atomic mass is 32.2. The minimum absolute atomic E-state index is 0.169. The van der Waals surface area contributed by atoms with Crippen LogP contribution in [0.25, 0.3) is 10.9 Å². The number of hydrogen-bond acceptors (Lipinski definition) is 4. The lowest BCUT2D eigenvalue weighted by atomic mass is 10.1. The summed E-state index contributed by atoms with van der Waals surface area (Å²) in [5, 5.41) is 0.356. The van der Waals surface area contributed by atoms with Crippen LogP contribution in [0, 0.1) is 0 Å². The first-order valence-corrected chi connectivity index (χ1v) is 9.18. The normalized spacial score (nSPS) is 18.5. The maximum atomic E-state index is 12.6. The molecule has 2 aromatic rings. The largest absolute Gasteiger partial charge is 0.337 e. The number of benzene rings is 1. The Hall–Kier alpha value is -1.99. The molecule has 1 N–H and O–H groups in total. The van der Waals surface area contributed by atoms with E-state index in [0.717, 1.165) is 10.9 Å². The highest BCUT2D eigenvalue weighted by molar-refractivity contribution is 7.90. The maximum Gasteiger partial charge on any atom is 0.255 e. The Morgan fingerprint density at radius 3 is 2.96 bits per heavy atom. The van der Waals surface area contributed by atoms with Gasteiger partial charge < -0.3 is 4.90 Å². The van der Waals surface area contributed by atoms with Crippen LogP contribution in [0.2, 0.25) is 0 Å². The third kappa shape index (κ3) is 3.20. The molecule has 0 spiro atoms. The lowest BCUT2D eigenvalue weighted by molar-refractivity contribution is 0.0793. The van der Waals surface area contributed by atoms with Gasteiger partial charge in [-0.3, -0.25) is 9.78 Å². The van der Waals surface area contributed by atoms with Crippen molar-refractivity contribution in [2.45, 2.75) is 18.6 Å². The zero-order valence-corrected chi connectivity index (χ0v) is 13.7. The molecule has 1 saturated heterocycles. The van der Waals surface area contributed by atoms with Gasteiger partial charge in [0, 0.05) is 31.2 Å². The number of sulfonamides is 1. The number of nitrogens with one attached hydrogen (secondary N) is 1. The van der Waals surface area contributed by atoms with Crippen molar-refractivity contribution in [3.63, 3.8) is 0 Å². The number of amides is 1. The molecule has 1 aliphatic rings. The van der Waals surface area contributed by atoms with Crippen LogP contribution in [0.4, 0.5) is 0 Å². The third-order valence-corrected chi connectivity index (χ3v) is 6.01. The van der Waals surface area contributed by atoms with Gasteiger partial charge in [-0.25, -0.2) is 13.1 Å². The number of fused-ring (bicyclic) bond motifs is 1. The number of pyridine rings is 1. The molecule has 1 aromatic heterocycles. The Morgan fingerprint density at radius 2 is 2.17 bits per heavy atom. The number of aromatic nitrogens is 1. The maximum absolute atomic E-state index is 12.6. The molecule has 0 saturated carbocycles. The summed E-state index contributed by atoms with van der Waals surface area (Å²) in [5.74, 6) is -0.169. The van der Waals surface area contributed by atoms with Crippen molar-refractivity contribution in [3.05, 3.63) is 42.1 Å². The molecule has 1 aliphatic heterocycles. The molecule has 0 radical (unpaired) electrons. The van der Waals surface area contributed by atoms with E-state index in [4.69, 9.17) is 0 Å². The number of hydrogen-bond donors (Lipinski definition) is 1. The van der Waals surface area contributed by atoms with Gasteiger partial charge in [0.15, 0.2) is 0 Å². The molecule has 1 aromatic carbocycles. The molecule has 7 heteroatoms. The molecule has 1 unspecified atom stereocenters. The molecule has 122 valence electrons. The monoisotopic (exact) mass is 333 g/mol. The van der Waals surface area contributed by atoms with E-state index in [9.17, 15) is 13.2 Å². The van der Waals surface area contributed by atoms with Crippen LogP contribution in [0.5, 0.6) is 0 Å². The molecule has 2 heterocycles.